The topological polar surface area (TPSA) is 44.7 Å². The zero-order valence-corrected chi connectivity index (χ0v) is 16.7. The Kier molecular flexibility index (Phi) is 5.43. The Bertz CT molecular complexity index is 1010. The Labute approximate surface area is 171 Å². The number of nitrogens with one attached hydrogen (secondary N) is 1. The van der Waals surface area contributed by atoms with Gasteiger partial charge in [-0.05, 0) is 23.3 Å². The van der Waals surface area contributed by atoms with Crippen LogP contribution in [0.5, 0.6) is 0 Å². The molecule has 3 aromatic carbocycles. The molecule has 0 aliphatic carbocycles. The third kappa shape index (κ3) is 3.54. The van der Waals surface area contributed by atoms with Crippen LogP contribution in [0.3, 0.4) is 0 Å². The lowest BCUT2D eigenvalue weighted by Crippen LogP contribution is -2.26. The second kappa shape index (κ2) is 8.31. The van der Waals surface area contributed by atoms with Crippen LogP contribution in [0.2, 0.25) is 0 Å². The van der Waals surface area contributed by atoms with Gasteiger partial charge in [0.1, 0.15) is 5.71 Å². The number of hydrogen-bond donors (Lipinski definition) is 1. The van der Waals surface area contributed by atoms with Gasteiger partial charge in [0, 0.05) is 13.5 Å². The first kappa shape index (κ1) is 18.9. The summed E-state index contributed by atoms with van der Waals surface area (Å²) in [4.78, 5) is 12.9. The van der Waals surface area contributed by atoms with Gasteiger partial charge in [-0.15, -0.1) is 0 Å². The summed E-state index contributed by atoms with van der Waals surface area (Å²) in [6.45, 7) is 1.90. The lowest BCUT2D eigenvalue weighted by molar-refractivity contribution is -0.112. The number of benzene rings is 3. The van der Waals surface area contributed by atoms with E-state index in [1.807, 2.05) is 79.6 Å². The largest absolute Gasteiger partial charge is 0.386 e. The quantitative estimate of drug-likeness (QED) is 0.619. The predicted octanol–water partition coefficient (Wildman–Crippen LogP) is 5.41. The summed E-state index contributed by atoms with van der Waals surface area (Å²) in [5.41, 5.74) is 4.80. The van der Waals surface area contributed by atoms with Crippen LogP contribution in [0.4, 0.5) is 11.4 Å². The molecule has 1 heterocycles. The molecule has 4 nitrogen and oxygen atoms in total. The monoisotopic (exact) mass is 383 g/mol. The number of carbonyl (C=O) groups excluding carboxylic acids is 1. The van der Waals surface area contributed by atoms with E-state index in [-0.39, 0.29) is 17.7 Å². The van der Waals surface area contributed by atoms with Gasteiger partial charge in [-0.3, -0.25) is 9.80 Å². The molecule has 3 aromatic rings. The van der Waals surface area contributed by atoms with Crippen molar-refractivity contribution in [2.75, 3.05) is 17.4 Å². The molecule has 0 spiro atoms. The second-order valence-corrected chi connectivity index (χ2v) is 7.12. The molecule has 0 fully saturated rings. The highest BCUT2D eigenvalue weighted by atomic mass is 16.1. The minimum Gasteiger partial charge on any atom is -0.386 e. The summed E-state index contributed by atoms with van der Waals surface area (Å²) in [5, 5.41) is 10.2. The van der Waals surface area contributed by atoms with Gasteiger partial charge >= 0.3 is 0 Å². The van der Waals surface area contributed by atoms with Gasteiger partial charge in [0.05, 0.1) is 23.3 Å². The molecule has 4 heteroatoms. The molecular weight excluding hydrogens is 358 g/mol. The van der Waals surface area contributed by atoms with Crippen LogP contribution in [0.15, 0.2) is 90.0 Å². The number of rotatable bonds is 6. The fourth-order valence-electron chi connectivity index (χ4n) is 4.01. The van der Waals surface area contributed by atoms with Crippen molar-refractivity contribution in [3.63, 3.8) is 0 Å². The van der Waals surface area contributed by atoms with Crippen molar-refractivity contribution < 1.29 is 4.79 Å². The summed E-state index contributed by atoms with van der Waals surface area (Å²) in [6, 6.07) is 28.5. The molecule has 0 saturated heterocycles. The summed E-state index contributed by atoms with van der Waals surface area (Å²) >= 11 is 0. The van der Waals surface area contributed by atoms with E-state index in [1.54, 1.807) is 0 Å². The maximum atomic E-state index is 12.9. The molecule has 146 valence electrons. The van der Waals surface area contributed by atoms with E-state index in [2.05, 4.69) is 29.6 Å². The molecule has 1 aliphatic heterocycles. The SMILES string of the molecule is CCC(=O)C1=NN(c2ccccc2NC)C(c2ccccc2)C1c1ccccc1. The van der Waals surface area contributed by atoms with Crippen LogP contribution in [0, 0.1) is 0 Å². The van der Waals surface area contributed by atoms with E-state index < -0.39 is 0 Å². The Morgan fingerprint density at radius 2 is 1.48 bits per heavy atom. The number of ketones is 1. The Balaban J connectivity index is 1.93. The van der Waals surface area contributed by atoms with E-state index in [9.17, 15) is 4.79 Å². The molecule has 29 heavy (non-hydrogen) atoms. The number of nitrogens with zero attached hydrogens (tertiary/aromatic N) is 2. The fraction of sp³-hybridized carbons (Fsp3) is 0.200. The van der Waals surface area contributed by atoms with Crippen LogP contribution >= 0.6 is 0 Å². The van der Waals surface area contributed by atoms with Crippen molar-refractivity contribution in [1.82, 2.24) is 0 Å². The molecule has 0 aromatic heterocycles. The molecule has 1 N–H and O–H groups in total. The Hall–Kier alpha value is -3.40. The number of hydrogen-bond acceptors (Lipinski definition) is 4. The zero-order chi connectivity index (χ0) is 20.2. The average molecular weight is 383 g/mol. The number of hydrazone groups is 1. The average Bonchev–Trinajstić information content (AvgIpc) is 3.20. The molecule has 0 radical (unpaired) electrons. The normalized spacial score (nSPS) is 18.4. The number of carbonyl (C=O) groups is 1. The van der Waals surface area contributed by atoms with Crippen LogP contribution in [-0.4, -0.2) is 18.5 Å². The van der Waals surface area contributed by atoms with Crippen LogP contribution in [0.25, 0.3) is 0 Å². The maximum Gasteiger partial charge on any atom is 0.179 e. The van der Waals surface area contributed by atoms with Crippen LogP contribution < -0.4 is 10.3 Å². The second-order valence-electron chi connectivity index (χ2n) is 7.12. The number of para-hydroxylation sites is 2. The lowest BCUT2D eigenvalue weighted by atomic mass is 9.82. The minimum atomic E-state index is -0.129. The first-order chi connectivity index (χ1) is 14.2. The minimum absolute atomic E-state index is 0.0872. The van der Waals surface area contributed by atoms with Gasteiger partial charge in [-0.25, -0.2) is 0 Å². The molecule has 0 saturated carbocycles. The zero-order valence-electron chi connectivity index (χ0n) is 16.7. The fourth-order valence-corrected chi connectivity index (χ4v) is 4.01. The number of anilines is 2. The Morgan fingerprint density at radius 1 is 0.897 bits per heavy atom. The molecule has 4 rings (SSSR count). The molecule has 2 unspecified atom stereocenters. The molecular formula is C25H25N3O. The molecule has 0 amide bonds. The van der Waals surface area contributed by atoms with E-state index in [0.29, 0.717) is 12.1 Å². The highest BCUT2D eigenvalue weighted by Crippen LogP contribution is 2.46. The van der Waals surface area contributed by atoms with Crippen LogP contribution in [0.1, 0.15) is 36.4 Å². The van der Waals surface area contributed by atoms with Crippen molar-refractivity contribution in [3.05, 3.63) is 96.1 Å². The van der Waals surface area contributed by atoms with Crippen molar-refractivity contribution in [3.8, 4) is 0 Å². The van der Waals surface area contributed by atoms with Crippen molar-refractivity contribution in [2.45, 2.75) is 25.3 Å². The summed E-state index contributed by atoms with van der Waals surface area (Å²) in [5.74, 6) is -0.0415. The van der Waals surface area contributed by atoms with Gasteiger partial charge in [0.15, 0.2) is 5.78 Å². The molecule has 2 atom stereocenters. The highest BCUT2D eigenvalue weighted by molar-refractivity contribution is 6.42. The van der Waals surface area contributed by atoms with Crippen molar-refractivity contribution in [2.24, 2.45) is 5.10 Å². The number of Topliss-reactive ketones (excluding diaryl/α,β-unsaturated/α-hetero) is 1. The summed E-state index contributed by atoms with van der Waals surface area (Å²) in [6.07, 6.45) is 0.436. The van der Waals surface area contributed by atoms with E-state index in [0.717, 1.165) is 22.5 Å². The predicted molar refractivity (Wildman–Crippen MR) is 120 cm³/mol. The van der Waals surface area contributed by atoms with Crippen molar-refractivity contribution >= 4 is 22.9 Å². The Morgan fingerprint density at radius 3 is 2.10 bits per heavy atom. The lowest BCUT2D eigenvalue weighted by Gasteiger charge is -2.30. The highest BCUT2D eigenvalue weighted by Gasteiger charge is 2.42. The smallest absolute Gasteiger partial charge is 0.179 e. The van der Waals surface area contributed by atoms with Crippen molar-refractivity contribution in [1.29, 1.82) is 0 Å². The van der Waals surface area contributed by atoms with Gasteiger partial charge in [-0.1, -0.05) is 79.7 Å². The van der Waals surface area contributed by atoms with Crippen LogP contribution in [-0.2, 0) is 4.79 Å². The van der Waals surface area contributed by atoms with Gasteiger partial charge in [0.25, 0.3) is 0 Å². The third-order valence-corrected chi connectivity index (χ3v) is 5.42. The first-order valence-electron chi connectivity index (χ1n) is 10.0. The first-order valence-corrected chi connectivity index (χ1v) is 10.0. The third-order valence-electron chi connectivity index (χ3n) is 5.42. The van der Waals surface area contributed by atoms with Gasteiger partial charge in [-0.2, -0.15) is 5.10 Å². The van der Waals surface area contributed by atoms with Gasteiger partial charge in [0.2, 0.25) is 0 Å². The van der Waals surface area contributed by atoms with E-state index in [1.165, 1.54) is 0 Å². The van der Waals surface area contributed by atoms with E-state index >= 15 is 0 Å². The summed E-state index contributed by atoms with van der Waals surface area (Å²) < 4.78 is 0. The van der Waals surface area contributed by atoms with Gasteiger partial charge < -0.3 is 5.32 Å². The molecule has 0 bridgehead atoms. The maximum absolute atomic E-state index is 12.9. The van der Waals surface area contributed by atoms with E-state index in [4.69, 9.17) is 5.10 Å². The molecule has 1 aliphatic rings. The summed E-state index contributed by atoms with van der Waals surface area (Å²) in [7, 11) is 1.91. The standard InChI is InChI=1S/C25H25N3O/c1-3-22(29)24-23(18-12-6-4-7-13-18)25(19-14-8-5-9-15-19)28(27-24)21-17-11-10-16-20(21)26-2/h4-17,23,25-26H,3H2,1-2H3.